The van der Waals surface area contributed by atoms with Gasteiger partial charge in [-0.25, -0.2) is 0 Å². The smallest absolute Gasteiger partial charge is 0.0126 e. The van der Waals surface area contributed by atoms with Crippen LogP contribution in [-0.4, -0.2) is 6.54 Å². The Bertz CT molecular complexity index is 93.3. The Hall–Kier alpha value is -0.0800. The van der Waals surface area contributed by atoms with Crippen molar-refractivity contribution in [3.05, 3.63) is 0 Å². The summed E-state index contributed by atoms with van der Waals surface area (Å²) in [5.41, 5.74) is 2.75. The topological polar surface area (TPSA) is 38.0 Å². The van der Waals surface area contributed by atoms with E-state index in [9.17, 15) is 0 Å². The molecule has 1 rings (SSSR count). The molecule has 0 aromatic heterocycles. The second-order valence-electron chi connectivity index (χ2n) is 3.36. The average Bonchev–Trinajstić information content (AvgIpc) is 2.37. The van der Waals surface area contributed by atoms with Crippen LogP contribution in [0, 0.1) is 11.8 Å². The first kappa shape index (κ1) is 8.02. The van der Waals surface area contributed by atoms with Crippen molar-refractivity contribution in [3.8, 4) is 0 Å². The van der Waals surface area contributed by atoms with Gasteiger partial charge in [0.2, 0.25) is 0 Å². The van der Waals surface area contributed by atoms with Crippen LogP contribution in [0.2, 0.25) is 0 Å². The highest BCUT2D eigenvalue weighted by Crippen LogP contribution is 2.31. The lowest BCUT2D eigenvalue weighted by molar-refractivity contribution is 0.457. The molecule has 1 aliphatic rings. The van der Waals surface area contributed by atoms with Crippen LogP contribution >= 0.6 is 0 Å². The van der Waals surface area contributed by atoms with Crippen LogP contribution < -0.4 is 11.3 Å². The summed E-state index contributed by atoms with van der Waals surface area (Å²) < 4.78 is 0. The standard InChI is InChI=1S/C8H18N2/c1-2-7-3-4-8(5-7)6-10-9/h7-8,10H,2-6,9H2,1H3. The third kappa shape index (κ3) is 1.96. The maximum atomic E-state index is 5.25. The molecule has 0 radical (unpaired) electrons. The molecule has 2 heteroatoms. The third-order valence-corrected chi connectivity index (χ3v) is 2.63. The Morgan fingerprint density at radius 3 is 2.60 bits per heavy atom. The van der Waals surface area contributed by atoms with Crippen molar-refractivity contribution in [2.75, 3.05) is 6.54 Å². The molecule has 1 saturated carbocycles. The zero-order valence-electron chi connectivity index (χ0n) is 6.77. The van der Waals surface area contributed by atoms with Crippen molar-refractivity contribution >= 4 is 0 Å². The molecule has 1 aliphatic carbocycles. The van der Waals surface area contributed by atoms with E-state index >= 15 is 0 Å². The molecule has 0 amide bonds. The lowest BCUT2D eigenvalue weighted by Gasteiger charge is -2.07. The molecule has 60 valence electrons. The molecule has 1 fully saturated rings. The van der Waals surface area contributed by atoms with E-state index in [1.807, 2.05) is 0 Å². The van der Waals surface area contributed by atoms with Crippen molar-refractivity contribution < 1.29 is 0 Å². The number of hydrogen-bond acceptors (Lipinski definition) is 2. The van der Waals surface area contributed by atoms with Gasteiger partial charge in [-0.05, 0) is 24.7 Å². The van der Waals surface area contributed by atoms with Crippen molar-refractivity contribution in [1.82, 2.24) is 5.43 Å². The number of rotatable bonds is 3. The van der Waals surface area contributed by atoms with Gasteiger partial charge in [-0.1, -0.05) is 19.8 Å². The zero-order chi connectivity index (χ0) is 7.40. The lowest BCUT2D eigenvalue weighted by Crippen LogP contribution is -2.27. The maximum absolute atomic E-state index is 5.25. The van der Waals surface area contributed by atoms with Crippen LogP contribution in [0.5, 0.6) is 0 Å². The minimum absolute atomic E-state index is 0.856. The predicted octanol–water partition coefficient (Wildman–Crippen LogP) is 1.28. The maximum Gasteiger partial charge on any atom is 0.0126 e. The van der Waals surface area contributed by atoms with Crippen LogP contribution in [0.25, 0.3) is 0 Å². The number of hydrazine groups is 1. The summed E-state index contributed by atoms with van der Waals surface area (Å²) in [5, 5.41) is 0. The van der Waals surface area contributed by atoms with Crippen LogP contribution in [0.4, 0.5) is 0 Å². The van der Waals surface area contributed by atoms with Crippen LogP contribution in [-0.2, 0) is 0 Å². The SMILES string of the molecule is CCC1CCC(CNN)C1. The van der Waals surface area contributed by atoms with Gasteiger partial charge in [-0.15, -0.1) is 0 Å². The van der Waals surface area contributed by atoms with E-state index in [4.69, 9.17) is 5.84 Å². The Balaban J connectivity index is 2.15. The van der Waals surface area contributed by atoms with E-state index < -0.39 is 0 Å². The monoisotopic (exact) mass is 142 g/mol. The van der Waals surface area contributed by atoms with Gasteiger partial charge < -0.3 is 0 Å². The van der Waals surface area contributed by atoms with Gasteiger partial charge in [0.1, 0.15) is 0 Å². The van der Waals surface area contributed by atoms with Crippen LogP contribution in [0.3, 0.4) is 0 Å². The lowest BCUT2D eigenvalue weighted by atomic mass is 10.0. The first-order valence-corrected chi connectivity index (χ1v) is 4.30. The fraction of sp³-hybridized carbons (Fsp3) is 1.00. The largest absolute Gasteiger partial charge is 0.271 e. The number of hydrogen-bond donors (Lipinski definition) is 2. The van der Waals surface area contributed by atoms with Gasteiger partial charge in [-0.3, -0.25) is 11.3 Å². The second-order valence-corrected chi connectivity index (χ2v) is 3.36. The Kier molecular flexibility index (Phi) is 3.16. The summed E-state index contributed by atoms with van der Waals surface area (Å²) in [6.07, 6.45) is 5.54. The zero-order valence-corrected chi connectivity index (χ0v) is 6.77. The molecule has 0 aromatic rings. The quantitative estimate of drug-likeness (QED) is 0.460. The highest BCUT2D eigenvalue weighted by molar-refractivity contribution is 4.75. The molecule has 2 atom stereocenters. The highest BCUT2D eigenvalue weighted by atomic mass is 15.2. The third-order valence-electron chi connectivity index (χ3n) is 2.63. The molecule has 2 unspecified atom stereocenters. The summed E-state index contributed by atoms with van der Waals surface area (Å²) in [6, 6.07) is 0. The molecule has 0 aliphatic heterocycles. The highest BCUT2D eigenvalue weighted by Gasteiger charge is 2.22. The molecule has 0 spiro atoms. The molecule has 0 heterocycles. The first-order chi connectivity index (χ1) is 4.86. The summed E-state index contributed by atoms with van der Waals surface area (Å²) >= 11 is 0. The van der Waals surface area contributed by atoms with E-state index in [-0.39, 0.29) is 0 Å². The summed E-state index contributed by atoms with van der Waals surface area (Å²) in [4.78, 5) is 0. The predicted molar refractivity (Wildman–Crippen MR) is 43.3 cm³/mol. The van der Waals surface area contributed by atoms with E-state index in [0.717, 1.165) is 18.4 Å². The Labute approximate surface area is 63.1 Å². The summed E-state index contributed by atoms with van der Waals surface area (Å²) in [6.45, 7) is 3.29. The number of nitrogens with one attached hydrogen (secondary N) is 1. The van der Waals surface area contributed by atoms with Crippen molar-refractivity contribution in [3.63, 3.8) is 0 Å². The Morgan fingerprint density at radius 1 is 1.40 bits per heavy atom. The average molecular weight is 142 g/mol. The van der Waals surface area contributed by atoms with Gasteiger partial charge in [0.15, 0.2) is 0 Å². The van der Waals surface area contributed by atoms with E-state index in [0.29, 0.717) is 0 Å². The first-order valence-electron chi connectivity index (χ1n) is 4.30. The van der Waals surface area contributed by atoms with E-state index in [1.165, 1.54) is 25.7 Å². The van der Waals surface area contributed by atoms with Gasteiger partial charge in [0.25, 0.3) is 0 Å². The Morgan fingerprint density at radius 2 is 2.10 bits per heavy atom. The second kappa shape index (κ2) is 3.94. The van der Waals surface area contributed by atoms with Gasteiger partial charge in [0.05, 0.1) is 0 Å². The molecule has 0 saturated heterocycles. The molecule has 10 heavy (non-hydrogen) atoms. The van der Waals surface area contributed by atoms with Crippen molar-refractivity contribution in [1.29, 1.82) is 0 Å². The summed E-state index contributed by atoms with van der Waals surface area (Å²) in [7, 11) is 0. The molecule has 3 N–H and O–H groups in total. The van der Waals surface area contributed by atoms with Crippen LogP contribution in [0.1, 0.15) is 32.6 Å². The fourth-order valence-corrected chi connectivity index (χ4v) is 1.90. The fourth-order valence-electron chi connectivity index (χ4n) is 1.90. The van der Waals surface area contributed by atoms with E-state index in [2.05, 4.69) is 12.3 Å². The van der Waals surface area contributed by atoms with Crippen molar-refractivity contribution in [2.24, 2.45) is 17.7 Å². The number of nitrogens with two attached hydrogens (primary N) is 1. The van der Waals surface area contributed by atoms with Gasteiger partial charge in [0, 0.05) is 6.54 Å². The molecular weight excluding hydrogens is 124 g/mol. The van der Waals surface area contributed by atoms with Gasteiger partial charge in [-0.2, -0.15) is 0 Å². The van der Waals surface area contributed by atoms with Crippen molar-refractivity contribution in [2.45, 2.75) is 32.6 Å². The summed E-state index contributed by atoms with van der Waals surface area (Å²) in [5.74, 6) is 7.09. The molecule has 0 bridgehead atoms. The molecule has 0 aromatic carbocycles. The van der Waals surface area contributed by atoms with Crippen LogP contribution in [0.15, 0.2) is 0 Å². The molecular formula is C8H18N2. The van der Waals surface area contributed by atoms with Gasteiger partial charge >= 0.3 is 0 Å². The normalized spacial score (nSPS) is 33.0. The van der Waals surface area contributed by atoms with E-state index in [1.54, 1.807) is 0 Å². The minimum Gasteiger partial charge on any atom is -0.271 e. The minimum atomic E-state index is 0.856. The molecule has 2 nitrogen and oxygen atoms in total.